The van der Waals surface area contributed by atoms with Gasteiger partial charge in [-0.15, -0.1) is 0 Å². The first-order valence-corrected chi connectivity index (χ1v) is 9.61. The molecule has 0 bridgehead atoms. The van der Waals surface area contributed by atoms with Crippen LogP contribution in [0.1, 0.15) is 5.56 Å². The van der Waals surface area contributed by atoms with Crippen LogP contribution in [0.3, 0.4) is 0 Å². The highest BCUT2D eigenvalue weighted by atomic mass is 16.5. The molecule has 0 radical (unpaired) electrons. The van der Waals surface area contributed by atoms with Crippen molar-refractivity contribution >= 4 is 22.6 Å². The van der Waals surface area contributed by atoms with Gasteiger partial charge in [-0.05, 0) is 54.1 Å². The summed E-state index contributed by atoms with van der Waals surface area (Å²) in [5.74, 6) is 2.03. The van der Waals surface area contributed by atoms with Gasteiger partial charge in [0.25, 0.3) is 0 Å². The van der Waals surface area contributed by atoms with Crippen molar-refractivity contribution in [3.8, 4) is 22.9 Å². The summed E-state index contributed by atoms with van der Waals surface area (Å²) >= 11 is 0. The molecule has 6 heteroatoms. The lowest BCUT2D eigenvalue weighted by atomic mass is 10.1. The predicted octanol–water partition coefficient (Wildman–Crippen LogP) is 4.44. The summed E-state index contributed by atoms with van der Waals surface area (Å²) in [6, 6.07) is 21.2. The molecule has 0 atom stereocenters. The summed E-state index contributed by atoms with van der Waals surface area (Å²) in [6.45, 7) is 0. The minimum Gasteiger partial charge on any atom is -0.493 e. The van der Waals surface area contributed by atoms with Crippen LogP contribution in [0, 0.1) is 0 Å². The zero-order chi connectivity index (χ0) is 21.1. The minimum atomic E-state index is -0.0994. The Kier molecular flexibility index (Phi) is 5.39. The quantitative estimate of drug-likeness (QED) is 0.519. The van der Waals surface area contributed by atoms with Gasteiger partial charge in [0.2, 0.25) is 5.91 Å². The zero-order valence-corrected chi connectivity index (χ0v) is 17.2. The second-order valence-corrected chi connectivity index (χ2v) is 6.97. The van der Waals surface area contributed by atoms with Crippen molar-refractivity contribution in [1.29, 1.82) is 0 Å². The maximum Gasteiger partial charge on any atom is 0.228 e. The highest BCUT2D eigenvalue weighted by Gasteiger charge is 2.11. The molecule has 0 saturated heterocycles. The number of carbonyl (C=O) groups is 1. The molecule has 1 N–H and O–H groups in total. The van der Waals surface area contributed by atoms with Gasteiger partial charge in [0.1, 0.15) is 5.82 Å². The first-order valence-electron chi connectivity index (χ1n) is 9.61. The first kappa shape index (κ1) is 19.5. The van der Waals surface area contributed by atoms with Crippen LogP contribution in [0.15, 0.2) is 66.7 Å². The minimum absolute atomic E-state index is 0.0994. The third-order valence-corrected chi connectivity index (χ3v) is 5.03. The Morgan fingerprint density at radius 3 is 2.40 bits per heavy atom. The summed E-state index contributed by atoms with van der Waals surface area (Å²) in [5, 5.41) is 2.94. The fourth-order valence-electron chi connectivity index (χ4n) is 3.49. The highest BCUT2D eigenvalue weighted by Crippen LogP contribution is 2.28. The van der Waals surface area contributed by atoms with E-state index in [1.807, 2.05) is 61.6 Å². The molecule has 4 rings (SSSR count). The van der Waals surface area contributed by atoms with Crippen LogP contribution in [-0.2, 0) is 18.3 Å². The fourth-order valence-corrected chi connectivity index (χ4v) is 3.49. The number of fused-ring (bicyclic) bond motifs is 1. The van der Waals surface area contributed by atoms with E-state index in [4.69, 9.17) is 14.5 Å². The number of para-hydroxylation sites is 2. The Balaban J connectivity index is 1.47. The number of nitrogens with zero attached hydrogens (tertiary/aromatic N) is 2. The first-order chi connectivity index (χ1) is 14.6. The molecule has 0 unspecified atom stereocenters. The smallest absolute Gasteiger partial charge is 0.228 e. The van der Waals surface area contributed by atoms with Crippen molar-refractivity contribution in [2.75, 3.05) is 19.5 Å². The van der Waals surface area contributed by atoms with E-state index < -0.39 is 0 Å². The molecule has 1 aromatic heterocycles. The zero-order valence-electron chi connectivity index (χ0n) is 17.2. The SMILES string of the molecule is COc1ccc(CC(=O)Nc2ccc(-c3nc4ccccc4n3C)cc2)cc1OC. The van der Waals surface area contributed by atoms with Gasteiger partial charge in [0.05, 0.1) is 31.7 Å². The number of aryl methyl sites for hydroxylation is 1. The molecule has 4 aromatic rings. The van der Waals surface area contributed by atoms with E-state index >= 15 is 0 Å². The number of ether oxygens (including phenoxy) is 2. The topological polar surface area (TPSA) is 65.4 Å². The Hall–Kier alpha value is -3.80. The van der Waals surface area contributed by atoms with Gasteiger partial charge in [-0.25, -0.2) is 4.98 Å². The highest BCUT2D eigenvalue weighted by molar-refractivity contribution is 5.92. The molecule has 0 aliphatic rings. The molecule has 1 heterocycles. The van der Waals surface area contributed by atoms with Crippen molar-refractivity contribution in [2.24, 2.45) is 7.05 Å². The van der Waals surface area contributed by atoms with Gasteiger partial charge in [-0.2, -0.15) is 0 Å². The molecule has 0 aliphatic carbocycles. The average Bonchev–Trinajstić information content (AvgIpc) is 3.11. The van der Waals surface area contributed by atoms with Gasteiger partial charge in [-0.1, -0.05) is 18.2 Å². The van der Waals surface area contributed by atoms with Gasteiger partial charge in [0.15, 0.2) is 11.5 Å². The van der Waals surface area contributed by atoms with Gasteiger partial charge < -0.3 is 19.4 Å². The van der Waals surface area contributed by atoms with Crippen molar-refractivity contribution in [3.05, 3.63) is 72.3 Å². The third kappa shape index (κ3) is 3.85. The van der Waals surface area contributed by atoms with E-state index in [1.165, 1.54) is 0 Å². The second kappa shape index (κ2) is 8.29. The molecule has 1 amide bonds. The number of hydrogen-bond acceptors (Lipinski definition) is 4. The van der Waals surface area contributed by atoms with Crippen LogP contribution in [-0.4, -0.2) is 29.7 Å². The van der Waals surface area contributed by atoms with Crippen molar-refractivity contribution in [3.63, 3.8) is 0 Å². The number of hydrogen-bond donors (Lipinski definition) is 1. The maximum absolute atomic E-state index is 12.5. The van der Waals surface area contributed by atoms with E-state index in [2.05, 4.69) is 16.0 Å². The number of aromatic nitrogens is 2. The molecular weight excluding hydrogens is 378 g/mol. The second-order valence-electron chi connectivity index (χ2n) is 6.97. The molecular formula is C24H23N3O3. The predicted molar refractivity (Wildman–Crippen MR) is 118 cm³/mol. The molecule has 0 fully saturated rings. The van der Waals surface area contributed by atoms with Crippen LogP contribution < -0.4 is 14.8 Å². The van der Waals surface area contributed by atoms with Gasteiger partial charge in [0, 0.05) is 18.3 Å². The van der Waals surface area contributed by atoms with E-state index in [-0.39, 0.29) is 12.3 Å². The summed E-state index contributed by atoms with van der Waals surface area (Å²) in [5.41, 5.74) is 4.62. The van der Waals surface area contributed by atoms with Crippen LogP contribution in [0.25, 0.3) is 22.4 Å². The van der Waals surface area contributed by atoms with Crippen molar-refractivity contribution in [2.45, 2.75) is 6.42 Å². The Bertz CT molecular complexity index is 1200. The molecule has 6 nitrogen and oxygen atoms in total. The van der Waals surface area contributed by atoms with E-state index in [0.717, 1.165) is 33.7 Å². The van der Waals surface area contributed by atoms with Crippen molar-refractivity contribution in [1.82, 2.24) is 9.55 Å². The Morgan fingerprint density at radius 1 is 0.967 bits per heavy atom. The number of methoxy groups -OCH3 is 2. The third-order valence-electron chi connectivity index (χ3n) is 5.03. The molecule has 30 heavy (non-hydrogen) atoms. The Morgan fingerprint density at radius 2 is 1.70 bits per heavy atom. The van der Waals surface area contributed by atoms with E-state index in [9.17, 15) is 4.79 Å². The number of amides is 1. The lowest BCUT2D eigenvalue weighted by molar-refractivity contribution is -0.115. The fraction of sp³-hybridized carbons (Fsp3) is 0.167. The van der Waals surface area contributed by atoms with Gasteiger partial charge >= 0.3 is 0 Å². The lowest BCUT2D eigenvalue weighted by Crippen LogP contribution is -2.14. The maximum atomic E-state index is 12.5. The number of rotatable bonds is 6. The monoisotopic (exact) mass is 401 g/mol. The normalized spacial score (nSPS) is 10.8. The van der Waals surface area contributed by atoms with Crippen LogP contribution in [0.2, 0.25) is 0 Å². The molecule has 0 spiro atoms. The Labute approximate surface area is 175 Å². The van der Waals surface area contributed by atoms with E-state index in [1.54, 1.807) is 20.3 Å². The summed E-state index contributed by atoms with van der Waals surface area (Å²) in [4.78, 5) is 17.2. The standard InChI is InChI=1S/C24H23N3O3/c1-27-20-7-5-4-6-19(20)26-24(27)17-9-11-18(12-10-17)25-23(28)15-16-8-13-21(29-2)22(14-16)30-3/h4-14H,15H2,1-3H3,(H,25,28). The van der Waals surface area contributed by atoms with Crippen LogP contribution in [0.5, 0.6) is 11.5 Å². The van der Waals surface area contributed by atoms with Crippen LogP contribution >= 0.6 is 0 Å². The number of benzene rings is 3. The van der Waals surface area contributed by atoms with Crippen molar-refractivity contribution < 1.29 is 14.3 Å². The molecule has 3 aromatic carbocycles. The summed E-state index contributed by atoms with van der Waals surface area (Å²) < 4.78 is 12.6. The number of nitrogens with one attached hydrogen (secondary N) is 1. The van der Waals surface area contributed by atoms with Crippen LogP contribution in [0.4, 0.5) is 5.69 Å². The largest absolute Gasteiger partial charge is 0.493 e. The summed E-state index contributed by atoms with van der Waals surface area (Å²) in [7, 11) is 5.17. The lowest BCUT2D eigenvalue weighted by Gasteiger charge is -2.10. The number of imidazole rings is 1. The number of anilines is 1. The van der Waals surface area contributed by atoms with Gasteiger partial charge in [-0.3, -0.25) is 4.79 Å². The molecule has 0 saturated carbocycles. The summed E-state index contributed by atoms with van der Waals surface area (Å²) in [6.07, 6.45) is 0.243. The van der Waals surface area contributed by atoms with E-state index in [0.29, 0.717) is 11.5 Å². The molecule has 152 valence electrons. The molecule has 0 aliphatic heterocycles. The number of carbonyl (C=O) groups excluding carboxylic acids is 1. The average molecular weight is 401 g/mol.